The molecule has 0 unspecified atom stereocenters. The third-order valence-corrected chi connectivity index (χ3v) is 5.56. The summed E-state index contributed by atoms with van der Waals surface area (Å²) in [6, 6.07) is 19.2. The highest BCUT2D eigenvalue weighted by molar-refractivity contribution is 6.30. The van der Waals surface area contributed by atoms with Crippen molar-refractivity contribution in [3.05, 3.63) is 89.2 Å². The number of halogens is 1. The number of amides is 1. The lowest BCUT2D eigenvalue weighted by atomic mass is 9.99. The molecule has 0 radical (unpaired) electrons. The zero-order valence-electron chi connectivity index (χ0n) is 18.2. The molecule has 0 spiro atoms. The average Bonchev–Trinajstić information content (AvgIpc) is 3.18. The van der Waals surface area contributed by atoms with Crippen molar-refractivity contribution in [1.29, 1.82) is 0 Å². The number of benzene rings is 3. The van der Waals surface area contributed by atoms with E-state index in [-0.39, 0.29) is 5.91 Å². The molecule has 3 aromatic carbocycles. The second kappa shape index (κ2) is 9.33. The fourth-order valence-corrected chi connectivity index (χ4v) is 3.77. The molecule has 0 aliphatic heterocycles. The summed E-state index contributed by atoms with van der Waals surface area (Å²) in [6.07, 6.45) is 3.33. The van der Waals surface area contributed by atoms with Crippen molar-refractivity contribution >= 4 is 39.7 Å². The third-order valence-electron chi connectivity index (χ3n) is 5.31. The zero-order chi connectivity index (χ0) is 22.7. The first-order chi connectivity index (χ1) is 15.5. The Kier molecular flexibility index (Phi) is 6.33. The molecule has 5 heteroatoms. The number of para-hydroxylation sites is 1. The van der Waals surface area contributed by atoms with E-state index in [2.05, 4.69) is 5.32 Å². The van der Waals surface area contributed by atoms with Crippen molar-refractivity contribution in [2.75, 3.05) is 11.9 Å². The van der Waals surface area contributed by atoms with Crippen molar-refractivity contribution in [2.45, 2.75) is 20.8 Å². The summed E-state index contributed by atoms with van der Waals surface area (Å²) in [6.45, 7) is 6.30. The number of anilines is 1. The van der Waals surface area contributed by atoms with Crippen LogP contribution in [-0.4, -0.2) is 12.5 Å². The molecule has 4 rings (SSSR count). The highest BCUT2D eigenvalue weighted by atomic mass is 35.5. The van der Waals surface area contributed by atoms with Crippen molar-refractivity contribution < 1.29 is 13.9 Å². The number of hydrogen-bond acceptors (Lipinski definition) is 3. The first kappa shape index (κ1) is 21.7. The molecule has 0 atom stereocenters. The highest BCUT2D eigenvalue weighted by Crippen LogP contribution is 2.37. The van der Waals surface area contributed by atoms with Crippen LogP contribution >= 0.6 is 11.6 Å². The van der Waals surface area contributed by atoms with E-state index in [1.807, 2.05) is 81.4 Å². The van der Waals surface area contributed by atoms with E-state index >= 15 is 0 Å². The van der Waals surface area contributed by atoms with Crippen molar-refractivity contribution in [3.63, 3.8) is 0 Å². The van der Waals surface area contributed by atoms with Gasteiger partial charge in [-0.05, 0) is 61.7 Å². The molecule has 0 saturated carbocycles. The van der Waals surface area contributed by atoms with Crippen LogP contribution in [-0.2, 0) is 4.79 Å². The smallest absolute Gasteiger partial charge is 0.248 e. The van der Waals surface area contributed by atoms with Crippen molar-refractivity contribution in [3.8, 4) is 16.9 Å². The third kappa shape index (κ3) is 4.56. The SMILES string of the molecule is CCOc1cc2occ(-c3ccc(Cl)cc3)c2cc1/C(C)=C/C(=O)Nc1ccccc1C. The second-order valence-corrected chi connectivity index (χ2v) is 8.00. The Hall–Kier alpha value is -3.50. The van der Waals surface area contributed by atoms with E-state index in [0.29, 0.717) is 17.4 Å². The Morgan fingerprint density at radius 2 is 1.88 bits per heavy atom. The molecule has 0 fully saturated rings. The fourth-order valence-electron chi connectivity index (χ4n) is 3.65. The number of rotatable bonds is 6. The zero-order valence-corrected chi connectivity index (χ0v) is 19.0. The van der Waals surface area contributed by atoms with Gasteiger partial charge in [0.25, 0.3) is 0 Å². The Labute approximate surface area is 192 Å². The van der Waals surface area contributed by atoms with Crippen LogP contribution in [0.2, 0.25) is 5.02 Å². The topological polar surface area (TPSA) is 51.5 Å². The lowest BCUT2D eigenvalue weighted by molar-refractivity contribution is -0.111. The number of furan rings is 1. The molecule has 0 aliphatic rings. The summed E-state index contributed by atoms with van der Waals surface area (Å²) in [5.41, 5.74) is 6.12. The van der Waals surface area contributed by atoms with Crippen LogP contribution in [0.15, 0.2) is 77.4 Å². The summed E-state index contributed by atoms with van der Waals surface area (Å²) >= 11 is 6.04. The van der Waals surface area contributed by atoms with Gasteiger partial charge in [0.1, 0.15) is 11.3 Å². The van der Waals surface area contributed by atoms with Crippen LogP contribution in [0.25, 0.3) is 27.7 Å². The molecular weight excluding hydrogens is 422 g/mol. The first-order valence-electron chi connectivity index (χ1n) is 10.5. The van der Waals surface area contributed by atoms with Crippen LogP contribution in [0.4, 0.5) is 5.69 Å². The molecular formula is C27H24ClNO3. The monoisotopic (exact) mass is 445 g/mol. The Morgan fingerprint density at radius 1 is 1.12 bits per heavy atom. The molecule has 1 aromatic heterocycles. The van der Waals surface area contributed by atoms with Gasteiger partial charge in [0.15, 0.2) is 0 Å². The number of carbonyl (C=O) groups is 1. The van der Waals surface area contributed by atoms with Crippen molar-refractivity contribution in [2.24, 2.45) is 0 Å². The second-order valence-electron chi connectivity index (χ2n) is 7.57. The summed E-state index contributed by atoms with van der Waals surface area (Å²) in [7, 11) is 0. The fraction of sp³-hybridized carbons (Fsp3) is 0.148. The molecule has 0 saturated heterocycles. The summed E-state index contributed by atoms with van der Waals surface area (Å²) < 4.78 is 11.7. The van der Waals surface area contributed by atoms with Gasteiger partial charge in [0.05, 0.1) is 12.9 Å². The maximum Gasteiger partial charge on any atom is 0.248 e. The number of ether oxygens (including phenoxy) is 1. The van der Waals surface area contributed by atoms with Gasteiger partial charge in [-0.2, -0.15) is 0 Å². The Morgan fingerprint density at radius 3 is 2.59 bits per heavy atom. The van der Waals surface area contributed by atoms with Gasteiger partial charge in [-0.3, -0.25) is 4.79 Å². The molecule has 0 bridgehead atoms. The predicted molar refractivity (Wildman–Crippen MR) is 131 cm³/mol. The lowest BCUT2D eigenvalue weighted by Crippen LogP contribution is -2.09. The van der Waals surface area contributed by atoms with E-state index in [4.69, 9.17) is 20.8 Å². The van der Waals surface area contributed by atoms with E-state index in [1.165, 1.54) is 0 Å². The maximum atomic E-state index is 12.7. The Bertz CT molecular complexity index is 1300. The minimum atomic E-state index is -0.190. The van der Waals surface area contributed by atoms with E-state index in [1.54, 1.807) is 12.3 Å². The van der Waals surface area contributed by atoms with Gasteiger partial charge >= 0.3 is 0 Å². The molecule has 1 amide bonds. The average molecular weight is 446 g/mol. The van der Waals surface area contributed by atoms with E-state index in [9.17, 15) is 4.79 Å². The molecule has 0 aliphatic carbocycles. The maximum absolute atomic E-state index is 12.7. The van der Waals surface area contributed by atoms with Gasteiger partial charge in [0.2, 0.25) is 5.91 Å². The van der Waals surface area contributed by atoms with E-state index < -0.39 is 0 Å². The van der Waals surface area contributed by atoms with Gasteiger partial charge in [0, 0.05) is 39.4 Å². The van der Waals surface area contributed by atoms with Crippen LogP contribution in [0.1, 0.15) is 25.0 Å². The molecule has 1 N–H and O–H groups in total. The number of allylic oxidation sites excluding steroid dienone is 1. The van der Waals surface area contributed by atoms with Gasteiger partial charge in [-0.15, -0.1) is 0 Å². The number of aryl methyl sites for hydroxylation is 1. The minimum Gasteiger partial charge on any atom is -0.493 e. The molecule has 1 heterocycles. The van der Waals surface area contributed by atoms with Gasteiger partial charge in [-0.25, -0.2) is 0 Å². The lowest BCUT2D eigenvalue weighted by Gasteiger charge is -2.12. The predicted octanol–water partition coefficient (Wildman–Crippen LogP) is 7.50. The Balaban J connectivity index is 1.73. The number of nitrogens with one attached hydrogen (secondary N) is 1. The molecule has 4 nitrogen and oxygen atoms in total. The molecule has 4 aromatic rings. The summed E-state index contributed by atoms with van der Waals surface area (Å²) in [5.74, 6) is 0.485. The van der Waals surface area contributed by atoms with Crippen LogP contribution in [0, 0.1) is 6.92 Å². The molecule has 162 valence electrons. The summed E-state index contributed by atoms with van der Waals surface area (Å²) in [5, 5.41) is 4.57. The van der Waals surface area contributed by atoms with Gasteiger partial charge in [-0.1, -0.05) is 41.9 Å². The van der Waals surface area contributed by atoms with Crippen molar-refractivity contribution in [1.82, 2.24) is 0 Å². The number of fused-ring (bicyclic) bond motifs is 1. The standard InChI is InChI=1S/C27H24ClNO3/c1-4-31-25-15-26-22(23(16-32-26)19-9-11-20(28)12-10-19)14-21(25)18(3)13-27(30)29-24-8-6-5-7-17(24)2/h5-16H,4H2,1-3H3,(H,29,30)/b18-13+. The quantitative estimate of drug-likeness (QED) is 0.312. The largest absolute Gasteiger partial charge is 0.493 e. The highest BCUT2D eigenvalue weighted by Gasteiger charge is 2.15. The normalized spacial score (nSPS) is 11.6. The first-order valence-corrected chi connectivity index (χ1v) is 10.8. The van der Waals surface area contributed by atoms with Gasteiger partial charge < -0.3 is 14.5 Å². The minimum absolute atomic E-state index is 0.190. The summed E-state index contributed by atoms with van der Waals surface area (Å²) in [4.78, 5) is 12.7. The van der Waals surface area contributed by atoms with Crippen LogP contribution in [0.5, 0.6) is 5.75 Å². The van der Waals surface area contributed by atoms with Crippen LogP contribution < -0.4 is 10.1 Å². The number of carbonyl (C=O) groups excluding carboxylic acids is 1. The van der Waals surface area contributed by atoms with E-state index in [0.717, 1.165) is 44.5 Å². The number of hydrogen-bond donors (Lipinski definition) is 1. The molecule has 32 heavy (non-hydrogen) atoms. The van der Waals surface area contributed by atoms with Crippen LogP contribution in [0.3, 0.4) is 0 Å².